The quantitative estimate of drug-likeness (QED) is 0.322. The summed E-state index contributed by atoms with van der Waals surface area (Å²) in [7, 11) is 0. The summed E-state index contributed by atoms with van der Waals surface area (Å²) in [5.41, 5.74) is 7.52. The van der Waals surface area contributed by atoms with Crippen LogP contribution in [0.5, 0.6) is 0 Å². The standard InChI is InChI=1S/2C13H11N/c1-9-8-11-7-6-10-4-2-3-5-12(10)13(11)14-9;1-9-8-12-11-5-3-2-4-10(11)6-7-13(12)14-9/h2*2-7H,8H2,1H3. The minimum Gasteiger partial charge on any atom is -0.257 e. The van der Waals surface area contributed by atoms with Gasteiger partial charge in [-0.05, 0) is 47.2 Å². The summed E-state index contributed by atoms with van der Waals surface area (Å²) in [6, 6.07) is 25.6. The van der Waals surface area contributed by atoms with Crippen LogP contribution in [0.25, 0.3) is 21.5 Å². The van der Waals surface area contributed by atoms with Gasteiger partial charge in [-0.25, -0.2) is 0 Å². The van der Waals surface area contributed by atoms with Crippen molar-refractivity contribution in [2.45, 2.75) is 26.7 Å². The van der Waals surface area contributed by atoms with Crippen molar-refractivity contribution in [3.05, 3.63) is 83.9 Å². The van der Waals surface area contributed by atoms with Gasteiger partial charge in [0.15, 0.2) is 0 Å². The monoisotopic (exact) mass is 362 g/mol. The van der Waals surface area contributed by atoms with E-state index in [-0.39, 0.29) is 0 Å². The van der Waals surface area contributed by atoms with Gasteiger partial charge in [0.05, 0.1) is 11.4 Å². The Labute approximate surface area is 165 Å². The summed E-state index contributed by atoms with van der Waals surface area (Å²) in [6.07, 6.45) is 2.02. The van der Waals surface area contributed by atoms with Crippen molar-refractivity contribution < 1.29 is 0 Å². The number of hydrogen-bond donors (Lipinski definition) is 0. The Hall–Kier alpha value is -3.26. The molecule has 2 aliphatic heterocycles. The molecule has 6 rings (SSSR count). The van der Waals surface area contributed by atoms with Crippen molar-refractivity contribution in [2.24, 2.45) is 9.98 Å². The Morgan fingerprint density at radius 3 is 2.07 bits per heavy atom. The highest BCUT2D eigenvalue weighted by molar-refractivity contribution is 6.03. The normalized spacial score (nSPS) is 14.2. The third-order valence-electron chi connectivity index (χ3n) is 5.49. The molecule has 0 N–H and O–H groups in total. The van der Waals surface area contributed by atoms with Crippen molar-refractivity contribution in [1.82, 2.24) is 0 Å². The molecule has 28 heavy (non-hydrogen) atoms. The number of fused-ring (bicyclic) bond motifs is 6. The second-order valence-corrected chi connectivity index (χ2v) is 7.63. The first-order valence-corrected chi connectivity index (χ1v) is 9.78. The van der Waals surface area contributed by atoms with Gasteiger partial charge in [-0.2, -0.15) is 0 Å². The summed E-state index contributed by atoms with van der Waals surface area (Å²) >= 11 is 0. The summed E-state index contributed by atoms with van der Waals surface area (Å²) in [5.74, 6) is 0. The van der Waals surface area contributed by atoms with Crippen molar-refractivity contribution in [2.75, 3.05) is 0 Å². The molecule has 136 valence electrons. The van der Waals surface area contributed by atoms with E-state index in [0.717, 1.165) is 18.5 Å². The first-order valence-electron chi connectivity index (χ1n) is 9.78. The molecular formula is C26H22N2. The molecule has 0 aliphatic carbocycles. The predicted molar refractivity (Wildman–Crippen MR) is 121 cm³/mol. The molecule has 0 saturated carbocycles. The average molecular weight is 362 g/mol. The lowest BCUT2D eigenvalue weighted by Gasteiger charge is -2.02. The van der Waals surface area contributed by atoms with E-state index in [4.69, 9.17) is 0 Å². The van der Waals surface area contributed by atoms with Gasteiger partial charge in [0.1, 0.15) is 0 Å². The molecule has 0 radical (unpaired) electrons. The van der Waals surface area contributed by atoms with E-state index in [0.29, 0.717) is 0 Å². The number of hydrogen-bond acceptors (Lipinski definition) is 2. The SMILES string of the molecule is CC1=Nc2c(ccc3ccccc23)C1.CC1=Nc2ccc3ccccc3c2C1. The molecule has 0 spiro atoms. The Kier molecular flexibility index (Phi) is 4.05. The van der Waals surface area contributed by atoms with Crippen LogP contribution in [0, 0.1) is 0 Å². The van der Waals surface area contributed by atoms with E-state index in [1.54, 1.807) is 0 Å². The molecule has 0 saturated heterocycles. The van der Waals surface area contributed by atoms with Crippen LogP contribution < -0.4 is 0 Å². The van der Waals surface area contributed by atoms with Crippen LogP contribution in [-0.4, -0.2) is 11.4 Å². The molecule has 4 aromatic rings. The molecule has 2 heterocycles. The van der Waals surface area contributed by atoms with Gasteiger partial charge in [-0.15, -0.1) is 0 Å². The average Bonchev–Trinajstić information content (AvgIpc) is 3.30. The lowest BCUT2D eigenvalue weighted by Crippen LogP contribution is -1.89. The molecule has 0 amide bonds. The second kappa shape index (κ2) is 6.72. The fraction of sp³-hybridized carbons (Fsp3) is 0.154. The van der Waals surface area contributed by atoms with Crippen LogP contribution in [0.4, 0.5) is 11.4 Å². The van der Waals surface area contributed by atoms with Gasteiger partial charge in [0.25, 0.3) is 0 Å². The van der Waals surface area contributed by atoms with Gasteiger partial charge >= 0.3 is 0 Å². The van der Waals surface area contributed by atoms with E-state index in [2.05, 4.69) is 96.6 Å². The van der Waals surface area contributed by atoms with Crippen molar-refractivity contribution in [3.8, 4) is 0 Å². The molecule has 2 heteroatoms. The first kappa shape index (κ1) is 16.9. The second-order valence-electron chi connectivity index (χ2n) is 7.63. The number of rotatable bonds is 0. The molecule has 0 bridgehead atoms. The van der Waals surface area contributed by atoms with E-state index < -0.39 is 0 Å². The molecule has 4 aromatic carbocycles. The van der Waals surface area contributed by atoms with Crippen LogP contribution in [0.1, 0.15) is 25.0 Å². The largest absolute Gasteiger partial charge is 0.257 e. The van der Waals surface area contributed by atoms with Crippen molar-refractivity contribution in [1.29, 1.82) is 0 Å². The van der Waals surface area contributed by atoms with Gasteiger partial charge < -0.3 is 0 Å². The molecule has 2 aliphatic rings. The topological polar surface area (TPSA) is 24.7 Å². The lowest BCUT2D eigenvalue weighted by molar-refractivity contribution is 1.40. The third kappa shape index (κ3) is 2.91. The Balaban J connectivity index is 0.000000122. The molecule has 2 nitrogen and oxygen atoms in total. The van der Waals surface area contributed by atoms with Gasteiger partial charge in [-0.1, -0.05) is 66.7 Å². The fourth-order valence-electron chi connectivity index (χ4n) is 4.20. The van der Waals surface area contributed by atoms with Gasteiger partial charge in [0, 0.05) is 29.7 Å². The third-order valence-corrected chi connectivity index (χ3v) is 5.49. The maximum atomic E-state index is 4.60. The molecule has 0 atom stereocenters. The van der Waals surface area contributed by atoms with Gasteiger partial charge in [-0.3, -0.25) is 9.98 Å². The fourth-order valence-corrected chi connectivity index (χ4v) is 4.20. The van der Waals surface area contributed by atoms with E-state index >= 15 is 0 Å². The molecular weight excluding hydrogens is 340 g/mol. The summed E-state index contributed by atoms with van der Waals surface area (Å²) < 4.78 is 0. The lowest BCUT2D eigenvalue weighted by atomic mass is 10.0. The molecule has 0 unspecified atom stereocenters. The van der Waals surface area contributed by atoms with Crippen LogP contribution >= 0.6 is 0 Å². The maximum absolute atomic E-state index is 4.60. The predicted octanol–water partition coefficient (Wildman–Crippen LogP) is 6.98. The highest BCUT2D eigenvalue weighted by Crippen LogP contribution is 2.35. The van der Waals surface area contributed by atoms with E-state index in [1.165, 1.54) is 49.8 Å². The summed E-state index contributed by atoms with van der Waals surface area (Å²) in [4.78, 5) is 9.12. The maximum Gasteiger partial charge on any atom is 0.0743 e. The van der Waals surface area contributed by atoms with Crippen molar-refractivity contribution >= 4 is 44.3 Å². The zero-order valence-electron chi connectivity index (χ0n) is 16.2. The number of nitrogens with zero attached hydrogens (tertiary/aromatic N) is 2. The van der Waals surface area contributed by atoms with Crippen LogP contribution in [0.3, 0.4) is 0 Å². The van der Waals surface area contributed by atoms with Crippen LogP contribution in [0.15, 0.2) is 82.8 Å². The number of aliphatic imine (C=N–C) groups is 2. The molecule has 0 fully saturated rings. The van der Waals surface area contributed by atoms with Crippen LogP contribution in [0.2, 0.25) is 0 Å². The first-order chi connectivity index (χ1) is 13.7. The Bertz CT molecular complexity index is 1280. The smallest absolute Gasteiger partial charge is 0.0743 e. The van der Waals surface area contributed by atoms with Crippen LogP contribution in [-0.2, 0) is 12.8 Å². The van der Waals surface area contributed by atoms with Gasteiger partial charge in [0.2, 0.25) is 0 Å². The van der Waals surface area contributed by atoms with Crippen molar-refractivity contribution in [3.63, 3.8) is 0 Å². The van der Waals surface area contributed by atoms with E-state index in [9.17, 15) is 0 Å². The highest BCUT2D eigenvalue weighted by atomic mass is 14.8. The Morgan fingerprint density at radius 2 is 1.25 bits per heavy atom. The number of benzene rings is 4. The zero-order chi connectivity index (χ0) is 19.1. The summed E-state index contributed by atoms with van der Waals surface area (Å²) in [5, 5.41) is 5.23. The Morgan fingerprint density at radius 1 is 0.607 bits per heavy atom. The summed E-state index contributed by atoms with van der Waals surface area (Å²) in [6.45, 7) is 4.18. The zero-order valence-corrected chi connectivity index (χ0v) is 16.2. The minimum atomic E-state index is 1.01. The minimum absolute atomic E-state index is 1.01. The molecule has 0 aromatic heterocycles. The highest BCUT2D eigenvalue weighted by Gasteiger charge is 2.14. The van der Waals surface area contributed by atoms with E-state index in [1.807, 2.05) is 0 Å².